The summed E-state index contributed by atoms with van der Waals surface area (Å²) in [6.07, 6.45) is 7.23. The third-order valence-electron chi connectivity index (χ3n) is 6.10. The second kappa shape index (κ2) is 9.32. The summed E-state index contributed by atoms with van der Waals surface area (Å²) in [5.74, 6) is 3.10. The van der Waals surface area contributed by atoms with Crippen molar-refractivity contribution in [2.24, 2.45) is 5.92 Å². The first kappa shape index (κ1) is 20.4. The molecule has 2 fully saturated rings. The summed E-state index contributed by atoms with van der Waals surface area (Å²) in [6.45, 7) is 4.36. The van der Waals surface area contributed by atoms with Crippen LogP contribution < -0.4 is 14.4 Å². The maximum atomic E-state index is 13.0. The summed E-state index contributed by atoms with van der Waals surface area (Å²) in [5.41, 5.74) is 0. The zero-order valence-electron chi connectivity index (χ0n) is 17.8. The minimum Gasteiger partial charge on any atom is -0.493 e. The molecule has 1 amide bonds. The number of hydrogen-bond acceptors (Lipinski definition) is 6. The van der Waals surface area contributed by atoms with E-state index in [0.29, 0.717) is 23.3 Å². The Morgan fingerprint density at radius 2 is 1.83 bits per heavy atom. The molecule has 1 aliphatic carbocycles. The van der Waals surface area contributed by atoms with Gasteiger partial charge in [0.1, 0.15) is 12.1 Å². The molecule has 0 spiro atoms. The van der Waals surface area contributed by atoms with Gasteiger partial charge in [-0.25, -0.2) is 9.97 Å². The molecule has 1 saturated carbocycles. The summed E-state index contributed by atoms with van der Waals surface area (Å²) >= 11 is 0. The minimum atomic E-state index is 0.154. The second-order valence-corrected chi connectivity index (χ2v) is 8.13. The van der Waals surface area contributed by atoms with Gasteiger partial charge in [0.2, 0.25) is 11.8 Å². The average molecular weight is 411 g/mol. The molecule has 2 aliphatic rings. The summed E-state index contributed by atoms with van der Waals surface area (Å²) < 4.78 is 11.3. The van der Waals surface area contributed by atoms with E-state index in [0.717, 1.165) is 38.3 Å². The Morgan fingerprint density at radius 1 is 1.07 bits per heavy atom. The van der Waals surface area contributed by atoms with E-state index in [1.807, 2.05) is 30.3 Å². The highest BCUT2D eigenvalue weighted by Crippen LogP contribution is 2.31. The number of ether oxygens (including phenoxy) is 2. The molecule has 0 radical (unpaired) electrons. The molecular weight excluding hydrogens is 380 g/mol. The summed E-state index contributed by atoms with van der Waals surface area (Å²) in [5, 5.41) is 0. The predicted molar refractivity (Wildman–Crippen MR) is 115 cm³/mol. The number of carbonyl (C=O) groups is 1. The molecule has 4 rings (SSSR count). The van der Waals surface area contributed by atoms with Crippen LogP contribution >= 0.6 is 0 Å². The molecule has 1 atom stereocenters. The van der Waals surface area contributed by atoms with Crippen molar-refractivity contribution < 1.29 is 14.3 Å². The van der Waals surface area contributed by atoms with Gasteiger partial charge < -0.3 is 19.3 Å². The van der Waals surface area contributed by atoms with Gasteiger partial charge in [-0.2, -0.15) is 0 Å². The smallest absolute Gasteiger partial charge is 0.226 e. The number of nitrogens with zero attached hydrogens (tertiary/aromatic N) is 4. The highest BCUT2D eigenvalue weighted by molar-refractivity contribution is 5.79. The normalized spacial score (nSPS) is 20.1. The number of piperazine rings is 1. The largest absolute Gasteiger partial charge is 0.493 e. The van der Waals surface area contributed by atoms with Crippen LogP contribution in [0.25, 0.3) is 0 Å². The van der Waals surface area contributed by atoms with Crippen LogP contribution in [0, 0.1) is 5.92 Å². The highest BCUT2D eigenvalue weighted by Gasteiger charge is 2.32. The lowest BCUT2D eigenvalue weighted by molar-refractivity contribution is -0.139. The molecule has 1 aromatic carbocycles. The summed E-state index contributed by atoms with van der Waals surface area (Å²) in [7, 11) is 1.61. The van der Waals surface area contributed by atoms with Gasteiger partial charge in [-0.15, -0.1) is 0 Å². The number of rotatable bonds is 5. The Balaban J connectivity index is 1.42. The first-order chi connectivity index (χ1) is 14.7. The van der Waals surface area contributed by atoms with Gasteiger partial charge in [0.25, 0.3) is 0 Å². The van der Waals surface area contributed by atoms with Gasteiger partial charge in [-0.3, -0.25) is 4.79 Å². The zero-order chi connectivity index (χ0) is 20.9. The molecule has 0 unspecified atom stereocenters. The van der Waals surface area contributed by atoms with Crippen LogP contribution in [0.4, 0.5) is 5.82 Å². The molecule has 0 bridgehead atoms. The zero-order valence-corrected chi connectivity index (χ0v) is 17.8. The van der Waals surface area contributed by atoms with Crippen molar-refractivity contribution in [1.29, 1.82) is 0 Å². The molecule has 1 aliphatic heterocycles. The fourth-order valence-corrected chi connectivity index (χ4v) is 4.45. The van der Waals surface area contributed by atoms with Crippen molar-refractivity contribution in [3.05, 3.63) is 36.7 Å². The number of amides is 1. The van der Waals surface area contributed by atoms with E-state index in [9.17, 15) is 4.79 Å². The van der Waals surface area contributed by atoms with E-state index in [4.69, 9.17) is 9.47 Å². The summed E-state index contributed by atoms with van der Waals surface area (Å²) in [4.78, 5) is 25.9. The Hall–Kier alpha value is -2.83. The average Bonchev–Trinajstić information content (AvgIpc) is 2.80. The van der Waals surface area contributed by atoms with Gasteiger partial charge in [0.05, 0.1) is 7.11 Å². The molecule has 30 heavy (non-hydrogen) atoms. The monoisotopic (exact) mass is 410 g/mol. The van der Waals surface area contributed by atoms with Crippen molar-refractivity contribution in [3.63, 3.8) is 0 Å². The molecule has 1 saturated heterocycles. The molecule has 1 aromatic heterocycles. The lowest BCUT2D eigenvalue weighted by Gasteiger charge is -2.42. The third-order valence-corrected chi connectivity index (χ3v) is 6.10. The number of carbonyl (C=O) groups excluding carboxylic acids is 1. The van der Waals surface area contributed by atoms with Crippen LogP contribution in [0.2, 0.25) is 0 Å². The maximum Gasteiger partial charge on any atom is 0.226 e. The molecule has 2 heterocycles. The molecular formula is C23H30N4O3. The quantitative estimate of drug-likeness (QED) is 0.745. The lowest BCUT2D eigenvalue weighted by Crippen LogP contribution is -2.55. The van der Waals surface area contributed by atoms with E-state index in [2.05, 4.69) is 26.7 Å². The fourth-order valence-electron chi connectivity index (χ4n) is 4.45. The van der Waals surface area contributed by atoms with Crippen molar-refractivity contribution in [3.8, 4) is 17.4 Å². The topological polar surface area (TPSA) is 67.8 Å². The number of methoxy groups -OCH3 is 1. The van der Waals surface area contributed by atoms with E-state index in [1.165, 1.54) is 25.6 Å². The molecule has 2 aromatic rings. The van der Waals surface area contributed by atoms with Crippen LogP contribution in [0.5, 0.6) is 17.4 Å². The number of para-hydroxylation sites is 2. The fraction of sp³-hybridized carbons (Fsp3) is 0.522. The summed E-state index contributed by atoms with van der Waals surface area (Å²) in [6, 6.07) is 9.48. The maximum absolute atomic E-state index is 13.0. The first-order valence-corrected chi connectivity index (χ1v) is 10.8. The molecule has 7 nitrogen and oxygen atoms in total. The SMILES string of the molecule is COc1ccccc1Oc1cc(N2CCN(C(=O)C3CCCCC3)[C@H](C)C2)ncn1. The van der Waals surface area contributed by atoms with Crippen LogP contribution in [-0.4, -0.2) is 53.6 Å². The minimum absolute atomic E-state index is 0.154. The van der Waals surface area contributed by atoms with Crippen molar-refractivity contribution in [2.45, 2.75) is 45.1 Å². The standard InChI is InChI=1S/C23H30N4O3/c1-17-15-26(12-13-27(17)23(28)18-8-4-3-5-9-18)21-14-22(25-16-24-21)30-20-11-7-6-10-19(20)29-2/h6-7,10-11,14,16-18H,3-5,8-9,12-13,15H2,1-2H3/t17-/m1/s1. The van der Waals surface area contributed by atoms with E-state index >= 15 is 0 Å². The van der Waals surface area contributed by atoms with Crippen molar-refractivity contribution in [2.75, 3.05) is 31.6 Å². The number of aromatic nitrogens is 2. The number of hydrogen-bond donors (Lipinski definition) is 0. The van der Waals surface area contributed by atoms with Crippen molar-refractivity contribution in [1.82, 2.24) is 14.9 Å². The number of anilines is 1. The van der Waals surface area contributed by atoms with Crippen LogP contribution in [0.3, 0.4) is 0 Å². The molecule has 7 heteroatoms. The van der Waals surface area contributed by atoms with Gasteiger partial charge in [-0.1, -0.05) is 31.4 Å². The number of benzene rings is 1. The lowest BCUT2D eigenvalue weighted by atomic mass is 9.88. The Morgan fingerprint density at radius 3 is 2.57 bits per heavy atom. The van der Waals surface area contributed by atoms with E-state index in [-0.39, 0.29) is 12.0 Å². The first-order valence-electron chi connectivity index (χ1n) is 10.8. The van der Waals surface area contributed by atoms with Gasteiger partial charge in [-0.05, 0) is 31.9 Å². The van der Waals surface area contributed by atoms with Crippen LogP contribution in [-0.2, 0) is 4.79 Å². The Kier molecular flexibility index (Phi) is 6.35. The second-order valence-electron chi connectivity index (χ2n) is 8.13. The van der Waals surface area contributed by atoms with Gasteiger partial charge >= 0.3 is 0 Å². The van der Waals surface area contributed by atoms with Crippen LogP contribution in [0.15, 0.2) is 36.7 Å². The third kappa shape index (κ3) is 4.50. The molecule has 160 valence electrons. The van der Waals surface area contributed by atoms with Gasteiger partial charge in [0.15, 0.2) is 11.5 Å². The van der Waals surface area contributed by atoms with E-state index in [1.54, 1.807) is 7.11 Å². The van der Waals surface area contributed by atoms with E-state index < -0.39 is 0 Å². The predicted octanol–water partition coefficient (Wildman–Crippen LogP) is 3.89. The van der Waals surface area contributed by atoms with Crippen molar-refractivity contribution >= 4 is 11.7 Å². The van der Waals surface area contributed by atoms with Gasteiger partial charge in [0, 0.05) is 37.7 Å². The molecule has 0 N–H and O–H groups in total. The van der Waals surface area contributed by atoms with Crippen LogP contribution in [0.1, 0.15) is 39.0 Å². The Bertz CT molecular complexity index is 869. The highest BCUT2D eigenvalue weighted by atomic mass is 16.5. The Labute approximate surface area is 178 Å².